The smallest absolute Gasteiger partial charge is 0.150 e. The summed E-state index contributed by atoms with van der Waals surface area (Å²) in [6.45, 7) is 2.38. The highest BCUT2D eigenvalue weighted by Crippen LogP contribution is 2.04. The van der Waals surface area contributed by atoms with Crippen LogP contribution in [0.1, 0.15) is 13.3 Å². The van der Waals surface area contributed by atoms with Gasteiger partial charge in [0.1, 0.15) is 9.84 Å². The molecular formula is C11H17NO2S. The molecule has 0 saturated heterocycles. The van der Waals surface area contributed by atoms with Gasteiger partial charge in [-0.1, -0.05) is 25.1 Å². The molecule has 0 atom stereocenters. The molecule has 0 aliphatic heterocycles. The Morgan fingerprint density at radius 1 is 1.20 bits per heavy atom. The van der Waals surface area contributed by atoms with Gasteiger partial charge >= 0.3 is 0 Å². The van der Waals surface area contributed by atoms with Crippen molar-refractivity contribution in [3.05, 3.63) is 30.3 Å². The molecule has 0 aliphatic rings. The van der Waals surface area contributed by atoms with Crippen LogP contribution in [0.15, 0.2) is 30.3 Å². The van der Waals surface area contributed by atoms with Gasteiger partial charge < -0.3 is 5.32 Å². The Labute approximate surface area is 91.4 Å². The molecule has 0 fully saturated rings. The molecule has 15 heavy (non-hydrogen) atoms. The Morgan fingerprint density at radius 2 is 1.87 bits per heavy atom. The number of para-hydroxylation sites is 1. The minimum absolute atomic E-state index is 0.234. The molecule has 0 bridgehead atoms. The van der Waals surface area contributed by atoms with Crippen molar-refractivity contribution in [2.75, 3.05) is 23.4 Å². The molecule has 1 rings (SSSR count). The summed E-state index contributed by atoms with van der Waals surface area (Å²) in [5, 5.41) is 3.18. The Balaban J connectivity index is 2.24. The van der Waals surface area contributed by atoms with Gasteiger partial charge in [0.15, 0.2) is 0 Å². The second kappa shape index (κ2) is 5.75. The highest BCUT2D eigenvalue weighted by molar-refractivity contribution is 7.91. The van der Waals surface area contributed by atoms with Crippen molar-refractivity contribution in [1.82, 2.24) is 0 Å². The lowest BCUT2D eigenvalue weighted by molar-refractivity contribution is 0.595. The van der Waals surface area contributed by atoms with Crippen LogP contribution in [0, 0.1) is 0 Å². The predicted molar refractivity (Wildman–Crippen MR) is 63.9 cm³/mol. The zero-order valence-corrected chi connectivity index (χ0v) is 9.76. The number of benzene rings is 1. The normalized spacial score (nSPS) is 11.3. The first-order chi connectivity index (χ1) is 7.14. The van der Waals surface area contributed by atoms with Gasteiger partial charge in [0.05, 0.1) is 5.75 Å². The van der Waals surface area contributed by atoms with Crippen molar-refractivity contribution >= 4 is 15.5 Å². The van der Waals surface area contributed by atoms with E-state index < -0.39 is 9.84 Å². The van der Waals surface area contributed by atoms with E-state index in [0.717, 1.165) is 5.69 Å². The number of hydrogen-bond acceptors (Lipinski definition) is 3. The monoisotopic (exact) mass is 227 g/mol. The second-order valence-corrected chi connectivity index (χ2v) is 5.86. The first-order valence-electron chi connectivity index (χ1n) is 5.13. The maximum absolute atomic E-state index is 11.2. The Kier molecular flexibility index (Phi) is 4.62. The largest absolute Gasteiger partial charge is 0.385 e. The van der Waals surface area contributed by atoms with Gasteiger partial charge in [-0.2, -0.15) is 0 Å². The predicted octanol–water partition coefficient (Wildman–Crippen LogP) is 1.92. The van der Waals surface area contributed by atoms with Crippen LogP contribution in [0.5, 0.6) is 0 Å². The molecule has 0 aromatic heterocycles. The van der Waals surface area contributed by atoms with Gasteiger partial charge in [0.2, 0.25) is 0 Å². The highest BCUT2D eigenvalue weighted by Gasteiger charge is 2.05. The summed E-state index contributed by atoms with van der Waals surface area (Å²) in [5.74, 6) is 0.502. The minimum atomic E-state index is -2.81. The molecule has 0 heterocycles. The zero-order chi connectivity index (χ0) is 11.1. The van der Waals surface area contributed by atoms with E-state index in [1.807, 2.05) is 30.3 Å². The summed E-state index contributed by atoms with van der Waals surface area (Å²) in [7, 11) is -2.81. The Bertz CT molecular complexity index is 373. The molecular weight excluding hydrogens is 210 g/mol. The van der Waals surface area contributed by atoms with E-state index >= 15 is 0 Å². The van der Waals surface area contributed by atoms with Gasteiger partial charge in [0.25, 0.3) is 0 Å². The maximum Gasteiger partial charge on any atom is 0.150 e. The van der Waals surface area contributed by atoms with E-state index in [1.165, 1.54) is 0 Å². The van der Waals surface area contributed by atoms with E-state index in [4.69, 9.17) is 0 Å². The van der Waals surface area contributed by atoms with Crippen molar-refractivity contribution in [1.29, 1.82) is 0 Å². The highest BCUT2D eigenvalue weighted by atomic mass is 32.2. The molecule has 0 aliphatic carbocycles. The van der Waals surface area contributed by atoms with Gasteiger partial charge in [-0.15, -0.1) is 0 Å². The van der Waals surface area contributed by atoms with E-state index in [-0.39, 0.29) is 11.5 Å². The standard InChI is InChI=1S/C11H17NO2S/c1-2-15(13,14)10-6-9-12-11-7-4-3-5-8-11/h3-5,7-8,12H,2,6,9-10H2,1H3. The summed E-state index contributed by atoms with van der Waals surface area (Å²) < 4.78 is 22.4. The number of hydrogen-bond donors (Lipinski definition) is 1. The number of sulfone groups is 1. The van der Waals surface area contributed by atoms with Gasteiger partial charge in [-0.3, -0.25) is 0 Å². The number of rotatable bonds is 6. The topological polar surface area (TPSA) is 46.2 Å². The van der Waals surface area contributed by atoms with Gasteiger partial charge in [-0.05, 0) is 18.6 Å². The van der Waals surface area contributed by atoms with Crippen LogP contribution in [0.3, 0.4) is 0 Å². The lowest BCUT2D eigenvalue weighted by Crippen LogP contribution is -2.12. The maximum atomic E-state index is 11.2. The third-order valence-corrected chi connectivity index (χ3v) is 3.97. The summed E-state index contributed by atoms with van der Waals surface area (Å²) in [4.78, 5) is 0. The second-order valence-electron chi connectivity index (χ2n) is 3.38. The van der Waals surface area contributed by atoms with Crippen molar-refractivity contribution < 1.29 is 8.42 Å². The number of nitrogens with one attached hydrogen (secondary N) is 1. The molecule has 84 valence electrons. The molecule has 0 unspecified atom stereocenters. The number of anilines is 1. The van der Waals surface area contributed by atoms with E-state index in [2.05, 4.69) is 5.32 Å². The zero-order valence-electron chi connectivity index (χ0n) is 8.94. The molecule has 0 saturated carbocycles. The average Bonchev–Trinajstić information content (AvgIpc) is 2.26. The van der Waals surface area contributed by atoms with Crippen LogP contribution >= 0.6 is 0 Å². The van der Waals surface area contributed by atoms with Crippen LogP contribution in [-0.2, 0) is 9.84 Å². The fourth-order valence-corrected chi connectivity index (χ4v) is 2.10. The fourth-order valence-electron chi connectivity index (χ4n) is 1.23. The first kappa shape index (κ1) is 12.0. The summed E-state index contributed by atoms with van der Waals surface area (Å²) in [5.41, 5.74) is 1.03. The summed E-state index contributed by atoms with van der Waals surface area (Å²) in [6.07, 6.45) is 0.658. The molecule has 1 N–H and O–H groups in total. The molecule has 1 aromatic carbocycles. The van der Waals surface area contributed by atoms with Gasteiger partial charge in [0, 0.05) is 18.0 Å². The van der Waals surface area contributed by atoms with Crippen molar-refractivity contribution in [2.45, 2.75) is 13.3 Å². The minimum Gasteiger partial charge on any atom is -0.385 e. The van der Waals surface area contributed by atoms with Crippen molar-refractivity contribution in [2.24, 2.45) is 0 Å². The Morgan fingerprint density at radius 3 is 2.47 bits per heavy atom. The van der Waals surface area contributed by atoms with Crippen molar-refractivity contribution in [3.8, 4) is 0 Å². The lowest BCUT2D eigenvalue weighted by atomic mass is 10.3. The molecule has 0 spiro atoms. The lowest BCUT2D eigenvalue weighted by Gasteiger charge is -2.05. The molecule has 3 nitrogen and oxygen atoms in total. The quantitative estimate of drug-likeness (QED) is 0.755. The third-order valence-electron chi connectivity index (χ3n) is 2.17. The first-order valence-corrected chi connectivity index (χ1v) is 6.95. The van der Waals surface area contributed by atoms with E-state index in [0.29, 0.717) is 13.0 Å². The summed E-state index contributed by atoms with van der Waals surface area (Å²) >= 11 is 0. The van der Waals surface area contributed by atoms with Crippen LogP contribution in [0.2, 0.25) is 0 Å². The Hall–Kier alpha value is -1.03. The molecule has 4 heteroatoms. The van der Waals surface area contributed by atoms with Crippen LogP contribution in [0.4, 0.5) is 5.69 Å². The SMILES string of the molecule is CCS(=O)(=O)CCCNc1ccccc1. The van der Waals surface area contributed by atoms with Crippen LogP contribution < -0.4 is 5.32 Å². The fraction of sp³-hybridized carbons (Fsp3) is 0.455. The van der Waals surface area contributed by atoms with E-state index in [9.17, 15) is 8.42 Å². The average molecular weight is 227 g/mol. The van der Waals surface area contributed by atoms with Crippen LogP contribution in [-0.4, -0.2) is 26.5 Å². The van der Waals surface area contributed by atoms with Gasteiger partial charge in [-0.25, -0.2) is 8.42 Å². The molecule has 0 amide bonds. The van der Waals surface area contributed by atoms with E-state index in [1.54, 1.807) is 6.92 Å². The molecule has 0 radical (unpaired) electrons. The van der Waals surface area contributed by atoms with Crippen molar-refractivity contribution in [3.63, 3.8) is 0 Å². The van der Waals surface area contributed by atoms with Crippen LogP contribution in [0.25, 0.3) is 0 Å². The summed E-state index contributed by atoms with van der Waals surface area (Å²) in [6, 6.07) is 9.78. The third kappa shape index (κ3) is 4.83. The molecule has 1 aromatic rings.